The van der Waals surface area contributed by atoms with E-state index in [2.05, 4.69) is 5.32 Å². The topological polar surface area (TPSA) is 67.9 Å². The predicted octanol–water partition coefficient (Wildman–Crippen LogP) is 0.849. The minimum absolute atomic E-state index is 0.0524. The molecule has 0 atom stereocenters. The first kappa shape index (κ1) is 18.0. The van der Waals surface area contributed by atoms with E-state index in [1.54, 1.807) is 14.2 Å². The number of rotatable bonds is 9. The van der Waals surface area contributed by atoms with Crippen LogP contribution in [0.15, 0.2) is 24.3 Å². The first-order valence-electron chi connectivity index (χ1n) is 7.21. The molecule has 0 fully saturated rings. The van der Waals surface area contributed by atoms with E-state index in [9.17, 15) is 9.59 Å². The summed E-state index contributed by atoms with van der Waals surface area (Å²) in [5, 5.41) is 2.82. The standard InChI is InChI=1S/C16H24N2O4/c1-13(19)18(9-10-21-2)12-16(20)17-8-7-14-5-4-6-15(11-14)22-3/h4-6,11H,7-10,12H2,1-3H3,(H,17,20). The molecule has 0 aliphatic heterocycles. The molecule has 0 aliphatic rings. The summed E-state index contributed by atoms with van der Waals surface area (Å²) >= 11 is 0. The van der Waals surface area contributed by atoms with Gasteiger partial charge in [0.25, 0.3) is 0 Å². The van der Waals surface area contributed by atoms with E-state index < -0.39 is 0 Å². The van der Waals surface area contributed by atoms with Gasteiger partial charge in [0.2, 0.25) is 11.8 Å². The molecule has 6 nitrogen and oxygen atoms in total. The van der Waals surface area contributed by atoms with Crippen molar-refractivity contribution in [2.24, 2.45) is 0 Å². The molecule has 0 aromatic heterocycles. The average Bonchev–Trinajstić information content (AvgIpc) is 2.51. The van der Waals surface area contributed by atoms with Crippen LogP contribution < -0.4 is 10.1 Å². The molecular formula is C16H24N2O4. The molecule has 0 unspecified atom stereocenters. The number of methoxy groups -OCH3 is 2. The van der Waals surface area contributed by atoms with E-state index in [0.29, 0.717) is 26.1 Å². The van der Waals surface area contributed by atoms with Crippen LogP contribution in [0.25, 0.3) is 0 Å². The number of hydrogen-bond donors (Lipinski definition) is 1. The van der Waals surface area contributed by atoms with Gasteiger partial charge in [-0.15, -0.1) is 0 Å². The summed E-state index contributed by atoms with van der Waals surface area (Å²) in [7, 11) is 3.18. The van der Waals surface area contributed by atoms with Crippen LogP contribution in [-0.4, -0.2) is 57.2 Å². The number of hydrogen-bond acceptors (Lipinski definition) is 4. The van der Waals surface area contributed by atoms with Crippen LogP contribution in [0.4, 0.5) is 0 Å². The van der Waals surface area contributed by atoms with Crippen LogP contribution in [0.1, 0.15) is 12.5 Å². The van der Waals surface area contributed by atoms with Crippen LogP contribution in [0.2, 0.25) is 0 Å². The minimum atomic E-state index is -0.172. The number of benzene rings is 1. The molecule has 1 aromatic carbocycles. The summed E-state index contributed by atoms with van der Waals surface area (Å²) in [6.07, 6.45) is 0.709. The summed E-state index contributed by atoms with van der Waals surface area (Å²) in [6, 6.07) is 7.71. The molecule has 0 saturated heterocycles. The third-order valence-corrected chi connectivity index (χ3v) is 3.22. The quantitative estimate of drug-likeness (QED) is 0.734. The third-order valence-electron chi connectivity index (χ3n) is 3.22. The molecule has 2 amide bonds. The predicted molar refractivity (Wildman–Crippen MR) is 83.8 cm³/mol. The lowest BCUT2D eigenvalue weighted by Crippen LogP contribution is -2.41. The monoisotopic (exact) mass is 308 g/mol. The van der Waals surface area contributed by atoms with E-state index in [1.807, 2.05) is 24.3 Å². The Kier molecular flexibility index (Phi) is 7.99. The Balaban J connectivity index is 2.36. The second kappa shape index (κ2) is 9.78. The van der Waals surface area contributed by atoms with Crippen LogP contribution in [0, 0.1) is 0 Å². The summed E-state index contributed by atoms with van der Waals surface area (Å²) < 4.78 is 10.1. The SMILES string of the molecule is COCCN(CC(=O)NCCc1cccc(OC)c1)C(C)=O. The van der Waals surface area contributed by atoms with Gasteiger partial charge in [0, 0.05) is 27.1 Å². The number of carbonyl (C=O) groups is 2. The van der Waals surface area contributed by atoms with Crippen molar-refractivity contribution in [2.45, 2.75) is 13.3 Å². The molecule has 0 spiro atoms. The zero-order valence-corrected chi connectivity index (χ0v) is 13.4. The Morgan fingerprint density at radius 2 is 2.05 bits per heavy atom. The highest BCUT2D eigenvalue weighted by atomic mass is 16.5. The molecule has 0 bridgehead atoms. The van der Waals surface area contributed by atoms with Gasteiger partial charge in [0.1, 0.15) is 5.75 Å². The van der Waals surface area contributed by atoms with E-state index in [0.717, 1.165) is 11.3 Å². The van der Waals surface area contributed by atoms with Crippen LogP contribution in [0.3, 0.4) is 0 Å². The molecule has 0 saturated carbocycles. The van der Waals surface area contributed by atoms with Gasteiger partial charge in [-0.3, -0.25) is 9.59 Å². The second-order valence-electron chi connectivity index (χ2n) is 4.88. The zero-order chi connectivity index (χ0) is 16.4. The highest BCUT2D eigenvalue weighted by Gasteiger charge is 2.12. The van der Waals surface area contributed by atoms with E-state index in [1.165, 1.54) is 11.8 Å². The molecule has 122 valence electrons. The van der Waals surface area contributed by atoms with E-state index >= 15 is 0 Å². The maximum atomic E-state index is 11.9. The molecule has 0 radical (unpaired) electrons. The van der Waals surface area contributed by atoms with Crippen molar-refractivity contribution < 1.29 is 19.1 Å². The minimum Gasteiger partial charge on any atom is -0.497 e. The van der Waals surface area contributed by atoms with Crippen molar-refractivity contribution in [1.82, 2.24) is 10.2 Å². The average molecular weight is 308 g/mol. The van der Waals surface area contributed by atoms with Gasteiger partial charge < -0.3 is 19.7 Å². The zero-order valence-electron chi connectivity index (χ0n) is 13.4. The number of amides is 2. The van der Waals surface area contributed by atoms with Gasteiger partial charge in [-0.05, 0) is 24.1 Å². The van der Waals surface area contributed by atoms with Crippen molar-refractivity contribution in [3.63, 3.8) is 0 Å². The highest BCUT2D eigenvalue weighted by molar-refractivity contribution is 5.83. The van der Waals surface area contributed by atoms with Gasteiger partial charge >= 0.3 is 0 Å². The Labute approximate surface area is 131 Å². The van der Waals surface area contributed by atoms with Crippen molar-refractivity contribution in [3.05, 3.63) is 29.8 Å². The first-order valence-corrected chi connectivity index (χ1v) is 7.21. The molecule has 1 aromatic rings. The summed E-state index contributed by atoms with van der Waals surface area (Å²) in [5.41, 5.74) is 1.09. The molecule has 1 N–H and O–H groups in total. The van der Waals surface area contributed by atoms with Gasteiger partial charge in [-0.25, -0.2) is 0 Å². The Morgan fingerprint density at radius 3 is 2.68 bits per heavy atom. The van der Waals surface area contributed by atoms with E-state index in [4.69, 9.17) is 9.47 Å². The molecule has 0 heterocycles. The van der Waals surface area contributed by atoms with Crippen molar-refractivity contribution in [1.29, 1.82) is 0 Å². The maximum absolute atomic E-state index is 11.9. The van der Waals surface area contributed by atoms with Crippen LogP contribution in [-0.2, 0) is 20.7 Å². The van der Waals surface area contributed by atoms with Crippen molar-refractivity contribution >= 4 is 11.8 Å². The number of nitrogens with zero attached hydrogens (tertiary/aromatic N) is 1. The normalized spacial score (nSPS) is 10.1. The summed E-state index contributed by atoms with van der Waals surface area (Å²) in [4.78, 5) is 24.8. The van der Waals surface area contributed by atoms with Crippen LogP contribution in [0.5, 0.6) is 5.75 Å². The van der Waals surface area contributed by atoms with Gasteiger partial charge in [0.05, 0.1) is 20.3 Å². The van der Waals surface area contributed by atoms with Crippen molar-refractivity contribution in [2.75, 3.05) is 40.5 Å². The largest absolute Gasteiger partial charge is 0.497 e. The lowest BCUT2D eigenvalue weighted by Gasteiger charge is -2.20. The van der Waals surface area contributed by atoms with Crippen LogP contribution >= 0.6 is 0 Å². The highest BCUT2D eigenvalue weighted by Crippen LogP contribution is 2.12. The molecule has 22 heavy (non-hydrogen) atoms. The van der Waals surface area contributed by atoms with Gasteiger partial charge in [-0.1, -0.05) is 12.1 Å². The van der Waals surface area contributed by atoms with Gasteiger partial charge in [-0.2, -0.15) is 0 Å². The lowest BCUT2D eigenvalue weighted by atomic mass is 10.1. The summed E-state index contributed by atoms with van der Waals surface area (Å²) in [6.45, 7) is 2.84. The molecule has 6 heteroatoms. The van der Waals surface area contributed by atoms with E-state index in [-0.39, 0.29) is 18.4 Å². The Hall–Kier alpha value is -2.08. The number of ether oxygens (including phenoxy) is 2. The van der Waals surface area contributed by atoms with Crippen molar-refractivity contribution in [3.8, 4) is 5.75 Å². The fourth-order valence-corrected chi connectivity index (χ4v) is 1.95. The maximum Gasteiger partial charge on any atom is 0.239 e. The lowest BCUT2D eigenvalue weighted by molar-refractivity contribution is -0.134. The smallest absolute Gasteiger partial charge is 0.239 e. The Bertz CT molecular complexity index is 491. The molecule has 0 aliphatic carbocycles. The third kappa shape index (κ3) is 6.58. The molecule has 1 rings (SSSR count). The fourth-order valence-electron chi connectivity index (χ4n) is 1.95. The second-order valence-corrected chi connectivity index (χ2v) is 4.88. The number of nitrogens with one attached hydrogen (secondary N) is 1. The van der Waals surface area contributed by atoms with Gasteiger partial charge in [0.15, 0.2) is 0 Å². The summed E-state index contributed by atoms with van der Waals surface area (Å²) in [5.74, 6) is 0.486. The number of carbonyl (C=O) groups excluding carboxylic acids is 2. The molecular weight excluding hydrogens is 284 g/mol. The Morgan fingerprint density at radius 1 is 1.27 bits per heavy atom. The first-order chi connectivity index (χ1) is 10.6. The fraction of sp³-hybridized carbons (Fsp3) is 0.500.